The summed E-state index contributed by atoms with van der Waals surface area (Å²) in [5.41, 5.74) is 5.02. The normalized spacial score (nSPS) is 18.1. The Morgan fingerprint density at radius 1 is 1.15 bits per heavy atom. The van der Waals surface area contributed by atoms with Crippen LogP contribution in [0.5, 0.6) is 0 Å². The predicted molar refractivity (Wildman–Crippen MR) is 149 cm³/mol. The Labute approximate surface area is 227 Å². The van der Waals surface area contributed by atoms with Crippen LogP contribution < -0.4 is 10.6 Å². The lowest BCUT2D eigenvalue weighted by Gasteiger charge is -2.41. The Morgan fingerprint density at radius 2 is 2.05 bits per heavy atom. The van der Waals surface area contributed by atoms with E-state index >= 15 is 0 Å². The van der Waals surface area contributed by atoms with Crippen molar-refractivity contribution in [3.05, 3.63) is 83.3 Å². The van der Waals surface area contributed by atoms with Gasteiger partial charge in [0.1, 0.15) is 17.6 Å². The number of nitrogens with zero attached hydrogens (tertiary/aromatic N) is 3. The third-order valence-corrected chi connectivity index (χ3v) is 7.61. The van der Waals surface area contributed by atoms with Gasteiger partial charge in [0.05, 0.1) is 5.56 Å². The number of fused-ring (bicyclic) bond motifs is 2. The second kappa shape index (κ2) is 10.1. The van der Waals surface area contributed by atoms with Crippen LogP contribution in [-0.2, 0) is 28.0 Å². The lowest BCUT2D eigenvalue weighted by Crippen LogP contribution is -2.48. The number of carbonyl (C=O) groups is 2. The summed E-state index contributed by atoms with van der Waals surface area (Å²) >= 11 is 0. The Kier molecular flexibility index (Phi) is 6.52. The standard InChI is InChI=1S/C30H32N6O3/c1-30(2)18-36(29(38)25-6-4-14-39-25)17-20-15-21(7-8-24(20)30)35-28(37)23-5-3-11-31-27(23)34-16-19-9-12-32-26-22(19)10-13-33-26/h3,5,7-13,15,25H,4,6,14,16-18H2,1-2H3,(H,31,34)(H,32,33)(H,35,37). The van der Waals surface area contributed by atoms with Crippen molar-refractivity contribution in [3.8, 4) is 0 Å². The van der Waals surface area contributed by atoms with Crippen molar-refractivity contribution in [1.82, 2.24) is 19.9 Å². The smallest absolute Gasteiger partial charge is 0.259 e. The lowest BCUT2D eigenvalue weighted by molar-refractivity contribution is -0.142. The molecule has 1 unspecified atom stereocenters. The number of rotatable bonds is 6. The van der Waals surface area contributed by atoms with Crippen molar-refractivity contribution >= 4 is 34.4 Å². The minimum Gasteiger partial charge on any atom is -0.368 e. The number of benzene rings is 1. The van der Waals surface area contributed by atoms with Gasteiger partial charge in [0.25, 0.3) is 11.8 Å². The summed E-state index contributed by atoms with van der Waals surface area (Å²) in [4.78, 5) is 40.3. The van der Waals surface area contributed by atoms with E-state index < -0.39 is 0 Å². The summed E-state index contributed by atoms with van der Waals surface area (Å²) in [6.07, 6.45) is 6.63. The van der Waals surface area contributed by atoms with Gasteiger partial charge in [-0.1, -0.05) is 19.9 Å². The zero-order valence-electron chi connectivity index (χ0n) is 22.2. The Hall–Kier alpha value is -4.24. The van der Waals surface area contributed by atoms with Crippen LogP contribution in [0.15, 0.2) is 61.1 Å². The topological polar surface area (TPSA) is 112 Å². The van der Waals surface area contributed by atoms with Crippen molar-refractivity contribution in [2.45, 2.75) is 51.3 Å². The third-order valence-electron chi connectivity index (χ3n) is 7.61. The molecule has 9 heteroatoms. The van der Waals surface area contributed by atoms with E-state index in [0.717, 1.165) is 35.0 Å². The summed E-state index contributed by atoms with van der Waals surface area (Å²) in [6.45, 7) is 6.58. The molecule has 9 nitrogen and oxygen atoms in total. The number of ether oxygens (including phenoxy) is 1. The number of H-pyrrole nitrogens is 1. The molecule has 3 N–H and O–H groups in total. The highest BCUT2D eigenvalue weighted by Gasteiger charge is 2.37. The van der Waals surface area contributed by atoms with Gasteiger partial charge in [0, 0.05) is 61.3 Å². The zero-order chi connectivity index (χ0) is 27.0. The van der Waals surface area contributed by atoms with Crippen molar-refractivity contribution in [2.24, 2.45) is 0 Å². The van der Waals surface area contributed by atoms with Crippen LogP contribution in [0.25, 0.3) is 11.0 Å². The molecular weight excluding hydrogens is 492 g/mol. The molecule has 4 aromatic rings. The van der Waals surface area contributed by atoms with E-state index in [-0.39, 0.29) is 23.3 Å². The van der Waals surface area contributed by atoms with Crippen LogP contribution in [0, 0.1) is 0 Å². The van der Waals surface area contributed by atoms with E-state index in [9.17, 15) is 9.59 Å². The predicted octanol–water partition coefficient (Wildman–Crippen LogP) is 4.62. The van der Waals surface area contributed by atoms with Crippen molar-refractivity contribution < 1.29 is 14.3 Å². The zero-order valence-corrected chi connectivity index (χ0v) is 22.2. The Balaban J connectivity index is 1.19. The summed E-state index contributed by atoms with van der Waals surface area (Å²) in [7, 11) is 0. The fourth-order valence-corrected chi connectivity index (χ4v) is 5.70. The highest BCUT2D eigenvalue weighted by atomic mass is 16.5. The van der Waals surface area contributed by atoms with E-state index in [1.54, 1.807) is 24.5 Å². The molecule has 5 heterocycles. The molecular formula is C30H32N6O3. The molecule has 200 valence electrons. The van der Waals surface area contributed by atoms with Crippen molar-refractivity contribution in [2.75, 3.05) is 23.8 Å². The van der Waals surface area contributed by atoms with E-state index in [1.807, 2.05) is 35.4 Å². The molecule has 2 aliphatic heterocycles. The summed E-state index contributed by atoms with van der Waals surface area (Å²) in [5.74, 6) is 0.301. The van der Waals surface area contributed by atoms with E-state index in [4.69, 9.17) is 4.74 Å². The molecule has 1 aromatic carbocycles. The highest BCUT2D eigenvalue weighted by Crippen LogP contribution is 2.36. The molecule has 1 atom stereocenters. The molecule has 0 spiro atoms. The minimum atomic E-state index is -0.345. The van der Waals surface area contributed by atoms with Crippen LogP contribution in [-0.4, -0.2) is 50.9 Å². The van der Waals surface area contributed by atoms with Gasteiger partial charge >= 0.3 is 0 Å². The van der Waals surface area contributed by atoms with Gasteiger partial charge in [-0.15, -0.1) is 0 Å². The highest BCUT2D eigenvalue weighted by molar-refractivity contribution is 6.07. The third kappa shape index (κ3) is 4.97. The first kappa shape index (κ1) is 25.1. The number of nitrogens with one attached hydrogen (secondary N) is 3. The summed E-state index contributed by atoms with van der Waals surface area (Å²) < 4.78 is 5.66. The van der Waals surface area contributed by atoms with Gasteiger partial charge in [0.2, 0.25) is 0 Å². The maximum Gasteiger partial charge on any atom is 0.259 e. The molecule has 1 fully saturated rings. The fraction of sp³-hybridized carbons (Fsp3) is 0.333. The SMILES string of the molecule is CC1(C)CN(C(=O)C2CCCO2)Cc2cc(NC(=O)c3cccnc3NCc3ccnc4[nH]ccc34)ccc21. The Bertz CT molecular complexity index is 1540. The van der Waals surface area contributed by atoms with Gasteiger partial charge in [-0.3, -0.25) is 9.59 Å². The van der Waals surface area contributed by atoms with Gasteiger partial charge < -0.3 is 25.3 Å². The average molecular weight is 525 g/mol. The molecule has 0 aliphatic carbocycles. The van der Waals surface area contributed by atoms with Crippen molar-refractivity contribution in [3.63, 3.8) is 0 Å². The second-order valence-corrected chi connectivity index (χ2v) is 10.9. The van der Waals surface area contributed by atoms with E-state index in [2.05, 4.69) is 45.5 Å². The largest absolute Gasteiger partial charge is 0.368 e. The first-order valence-corrected chi connectivity index (χ1v) is 13.3. The minimum absolute atomic E-state index is 0.0536. The molecule has 2 aliphatic rings. The van der Waals surface area contributed by atoms with Gasteiger partial charge in [0.15, 0.2) is 0 Å². The number of amides is 2. The first-order valence-electron chi connectivity index (χ1n) is 13.3. The monoisotopic (exact) mass is 524 g/mol. The molecule has 2 amide bonds. The molecule has 0 radical (unpaired) electrons. The molecule has 0 bridgehead atoms. The van der Waals surface area contributed by atoms with Crippen LogP contribution in [0.1, 0.15) is 53.7 Å². The molecule has 6 rings (SSSR count). The summed E-state index contributed by atoms with van der Waals surface area (Å²) in [5, 5.41) is 7.38. The molecule has 1 saturated heterocycles. The first-order chi connectivity index (χ1) is 18.9. The number of anilines is 2. The average Bonchev–Trinajstić information content (AvgIpc) is 3.64. The van der Waals surface area contributed by atoms with Crippen LogP contribution in [0.4, 0.5) is 11.5 Å². The molecule has 0 saturated carbocycles. The summed E-state index contributed by atoms with van der Waals surface area (Å²) in [6, 6.07) is 13.4. The fourth-order valence-electron chi connectivity index (χ4n) is 5.70. The van der Waals surface area contributed by atoms with Crippen molar-refractivity contribution in [1.29, 1.82) is 0 Å². The number of hydrogen-bond donors (Lipinski definition) is 3. The molecule has 3 aromatic heterocycles. The number of carbonyl (C=O) groups excluding carboxylic acids is 2. The van der Waals surface area contributed by atoms with Gasteiger partial charge in [-0.05, 0) is 65.9 Å². The number of pyridine rings is 2. The van der Waals surface area contributed by atoms with Gasteiger partial charge in [-0.25, -0.2) is 9.97 Å². The van der Waals surface area contributed by atoms with Crippen LogP contribution in [0.2, 0.25) is 0 Å². The molecule has 39 heavy (non-hydrogen) atoms. The lowest BCUT2D eigenvalue weighted by atomic mass is 9.78. The van der Waals surface area contributed by atoms with E-state index in [0.29, 0.717) is 43.3 Å². The van der Waals surface area contributed by atoms with Crippen LogP contribution >= 0.6 is 0 Å². The maximum absolute atomic E-state index is 13.4. The Morgan fingerprint density at radius 3 is 2.90 bits per heavy atom. The quantitative estimate of drug-likeness (QED) is 0.339. The van der Waals surface area contributed by atoms with E-state index in [1.165, 1.54) is 5.56 Å². The number of hydrogen-bond acceptors (Lipinski definition) is 6. The van der Waals surface area contributed by atoms with Crippen LogP contribution in [0.3, 0.4) is 0 Å². The number of aromatic nitrogens is 3. The second-order valence-electron chi connectivity index (χ2n) is 10.9. The van der Waals surface area contributed by atoms with Gasteiger partial charge in [-0.2, -0.15) is 0 Å². The maximum atomic E-state index is 13.4. The number of aromatic amines is 1.